The SMILES string of the molecule is CCC(C)(CC)P(=O)(ONc1cnc(C)cn1)Oc1cc(C)c(O)c(OC)c1. The molecule has 1 atom stereocenters. The number of phenols is 1. The number of aromatic nitrogens is 2. The third-order valence-electron chi connectivity index (χ3n) is 4.92. The van der Waals surface area contributed by atoms with Crippen molar-refractivity contribution in [1.29, 1.82) is 0 Å². The molecule has 28 heavy (non-hydrogen) atoms. The second kappa shape index (κ2) is 8.80. The van der Waals surface area contributed by atoms with Gasteiger partial charge in [0.2, 0.25) is 0 Å². The smallest absolute Gasteiger partial charge is 0.406 e. The summed E-state index contributed by atoms with van der Waals surface area (Å²) in [4.78, 5) is 8.28. The zero-order chi connectivity index (χ0) is 20.9. The molecule has 2 N–H and O–H groups in total. The van der Waals surface area contributed by atoms with Crippen molar-refractivity contribution >= 4 is 13.4 Å². The summed E-state index contributed by atoms with van der Waals surface area (Å²) < 4.78 is 30.5. The number of hydrogen-bond donors (Lipinski definition) is 2. The summed E-state index contributed by atoms with van der Waals surface area (Å²) >= 11 is 0. The van der Waals surface area contributed by atoms with E-state index in [1.165, 1.54) is 19.4 Å². The van der Waals surface area contributed by atoms with Gasteiger partial charge in [0.1, 0.15) is 5.75 Å². The number of nitrogens with zero attached hydrogens (tertiary/aromatic N) is 2. The van der Waals surface area contributed by atoms with Crippen molar-refractivity contribution in [2.24, 2.45) is 0 Å². The largest absolute Gasteiger partial charge is 0.504 e. The summed E-state index contributed by atoms with van der Waals surface area (Å²) in [5.41, 5.74) is 3.91. The Balaban J connectivity index is 2.37. The Hall–Kier alpha value is -2.31. The van der Waals surface area contributed by atoms with Gasteiger partial charge in [0, 0.05) is 6.07 Å². The molecule has 0 amide bonds. The monoisotopic (exact) mass is 409 g/mol. The second-order valence-electron chi connectivity index (χ2n) is 6.82. The summed E-state index contributed by atoms with van der Waals surface area (Å²) in [7, 11) is -2.28. The van der Waals surface area contributed by atoms with E-state index in [0.717, 1.165) is 5.69 Å². The van der Waals surface area contributed by atoms with Crippen LogP contribution in [0.1, 0.15) is 44.9 Å². The molecule has 0 saturated heterocycles. The summed E-state index contributed by atoms with van der Waals surface area (Å²) in [6.45, 7) is 9.22. The molecule has 154 valence electrons. The lowest BCUT2D eigenvalue weighted by Gasteiger charge is -2.34. The van der Waals surface area contributed by atoms with Crippen molar-refractivity contribution in [2.75, 3.05) is 12.6 Å². The Morgan fingerprint density at radius 3 is 2.39 bits per heavy atom. The van der Waals surface area contributed by atoms with Gasteiger partial charge >= 0.3 is 7.60 Å². The maximum absolute atomic E-state index is 13.8. The molecule has 0 aliphatic carbocycles. The maximum atomic E-state index is 13.8. The van der Waals surface area contributed by atoms with E-state index in [4.69, 9.17) is 13.9 Å². The number of benzene rings is 1. The molecular formula is C19H28N3O5P. The Labute approximate surface area is 165 Å². The van der Waals surface area contributed by atoms with Crippen molar-refractivity contribution in [1.82, 2.24) is 9.97 Å². The molecule has 0 aliphatic rings. The first kappa shape index (κ1) is 22.0. The van der Waals surface area contributed by atoms with Gasteiger partial charge in [-0.3, -0.25) is 4.98 Å². The van der Waals surface area contributed by atoms with Gasteiger partial charge in [0.05, 0.1) is 30.4 Å². The molecule has 1 aromatic heterocycles. The molecule has 0 spiro atoms. The molecule has 1 aromatic carbocycles. The van der Waals surface area contributed by atoms with E-state index < -0.39 is 12.8 Å². The molecule has 0 aliphatic heterocycles. The van der Waals surface area contributed by atoms with E-state index in [1.54, 1.807) is 19.2 Å². The quantitative estimate of drug-likeness (QED) is 0.440. The number of rotatable bonds is 9. The minimum absolute atomic E-state index is 0.00685. The van der Waals surface area contributed by atoms with Gasteiger partial charge in [-0.25, -0.2) is 15.0 Å². The summed E-state index contributed by atoms with van der Waals surface area (Å²) in [5.74, 6) is 0.838. The zero-order valence-corrected chi connectivity index (χ0v) is 18.0. The standard InChI is InChI=1S/C19H28N3O5P/c1-7-19(5,8-2)28(24,27-22-17-12-20-14(4)11-21-17)26-15-9-13(3)18(23)16(10-15)25-6/h9-12,23H,7-8H2,1-6H3,(H,21,22). The predicted octanol–water partition coefficient (Wildman–Crippen LogP) is 5.00. The molecular weight excluding hydrogens is 381 g/mol. The third-order valence-corrected chi connectivity index (χ3v) is 7.66. The van der Waals surface area contributed by atoms with Gasteiger partial charge in [-0.15, -0.1) is 0 Å². The molecule has 9 heteroatoms. The zero-order valence-electron chi connectivity index (χ0n) is 17.1. The second-order valence-corrected chi connectivity index (χ2v) is 9.26. The highest BCUT2D eigenvalue weighted by atomic mass is 31.2. The third kappa shape index (κ3) is 4.56. The summed E-state index contributed by atoms with van der Waals surface area (Å²) in [6, 6.07) is 3.07. The summed E-state index contributed by atoms with van der Waals surface area (Å²) in [5, 5.41) is 9.29. The number of aryl methyl sites for hydroxylation is 2. The molecule has 0 bridgehead atoms. The van der Waals surface area contributed by atoms with Crippen LogP contribution in [-0.4, -0.2) is 27.3 Å². The molecule has 0 radical (unpaired) electrons. The van der Waals surface area contributed by atoms with Gasteiger partial charge < -0.3 is 14.4 Å². The molecule has 2 rings (SSSR count). The van der Waals surface area contributed by atoms with Crippen molar-refractivity contribution < 1.29 is 23.6 Å². The fourth-order valence-electron chi connectivity index (χ4n) is 2.49. The Bertz CT molecular complexity index is 853. The molecule has 1 unspecified atom stereocenters. The van der Waals surface area contributed by atoms with Crippen LogP contribution in [0.25, 0.3) is 0 Å². The number of nitrogens with one attached hydrogen (secondary N) is 1. The van der Waals surface area contributed by atoms with E-state index in [2.05, 4.69) is 15.4 Å². The first-order valence-corrected chi connectivity index (χ1v) is 10.6. The van der Waals surface area contributed by atoms with E-state index in [-0.39, 0.29) is 17.2 Å². The highest BCUT2D eigenvalue weighted by Crippen LogP contribution is 2.62. The molecule has 2 aromatic rings. The van der Waals surface area contributed by atoms with E-state index in [9.17, 15) is 9.67 Å². The number of hydrogen-bond acceptors (Lipinski definition) is 8. The highest BCUT2D eigenvalue weighted by molar-refractivity contribution is 7.56. The van der Waals surface area contributed by atoms with E-state index in [0.29, 0.717) is 24.2 Å². The lowest BCUT2D eigenvalue weighted by atomic mass is 10.1. The Kier molecular flexibility index (Phi) is 6.91. The fraction of sp³-hybridized carbons (Fsp3) is 0.474. The van der Waals surface area contributed by atoms with E-state index in [1.807, 2.05) is 27.7 Å². The van der Waals surface area contributed by atoms with Gasteiger partial charge in [-0.1, -0.05) is 13.8 Å². The van der Waals surface area contributed by atoms with Crippen LogP contribution in [-0.2, 0) is 9.19 Å². The number of phenolic OH excluding ortho intramolecular Hbond substituents is 1. The average molecular weight is 409 g/mol. The minimum Gasteiger partial charge on any atom is -0.504 e. The van der Waals surface area contributed by atoms with Crippen LogP contribution in [0.15, 0.2) is 24.5 Å². The topological polar surface area (TPSA) is 103 Å². The number of aromatic hydroxyl groups is 1. The maximum Gasteiger partial charge on any atom is 0.406 e. The lowest BCUT2D eigenvalue weighted by Crippen LogP contribution is -2.28. The van der Waals surface area contributed by atoms with Crippen LogP contribution in [0.4, 0.5) is 5.82 Å². The lowest BCUT2D eigenvalue weighted by molar-refractivity contribution is 0.278. The minimum atomic E-state index is -3.72. The van der Waals surface area contributed by atoms with Crippen molar-refractivity contribution in [3.8, 4) is 17.2 Å². The van der Waals surface area contributed by atoms with Crippen LogP contribution in [0.5, 0.6) is 17.2 Å². The molecule has 1 heterocycles. The Morgan fingerprint density at radius 1 is 1.18 bits per heavy atom. The van der Waals surface area contributed by atoms with Crippen LogP contribution in [0.2, 0.25) is 0 Å². The van der Waals surface area contributed by atoms with E-state index >= 15 is 0 Å². The summed E-state index contributed by atoms with van der Waals surface area (Å²) in [6.07, 6.45) is 4.19. The van der Waals surface area contributed by atoms with Crippen molar-refractivity contribution in [2.45, 2.75) is 52.6 Å². The first-order valence-electron chi connectivity index (χ1n) is 9.08. The van der Waals surface area contributed by atoms with Crippen LogP contribution >= 0.6 is 7.60 Å². The Morgan fingerprint density at radius 2 is 1.86 bits per heavy atom. The molecule has 0 saturated carbocycles. The predicted molar refractivity (Wildman–Crippen MR) is 108 cm³/mol. The normalized spacial score (nSPS) is 13.6. The number of methoxy groups -OCH3 is 1. The average Bonchev–Trinajstić information content (AvgIpc) is 2.69. The van der Waals surface area contributed by atoms with Gasteiger partial charge in [-0.05, 0) is 45.2 Å². The molecule has 8 nitrogen and oxygen atoms in total. The molecule has 0 fully saturated rings. The highest BCUT2D eigenvalue weighted by Gasteiger charge is 2.47. The van der Waals surface area contributed by atoms with Gasteiger partial charge in [0.25, 0.3) is 0 Å². The first-order chi connectivity index (χ1) is 13.2. The van der Waals surface area contributed by atoms with Crippen LogP contribution in [0.3, 0.4) is 0 Å². The number of ether oxygens (including phenoxy) is 1. The van der Waals surface area contributed by atoms with Gasteiger partial charge in [0.15, 0.2) is 17.3 Å². The van der Waals surface area contributed by atoms with Crippen LogP contribution in [0, 0.1) is 13.8 Å². The fourth-order valence-corrected chi connectivity index (χ4v) is 4.34. The van der Waals surface area contributed by atoms with Crippen LogP contribution < -0.4 is 14.7 Å². The van der Waals surface area contributed by atoms with Gasteiger partial charge in [-0.2, -0.15) is 4.62 Å². The van der Waals surface area contributed by atoms with Crippen molar-refractivity contribution in [3.63, 3.8) is 0 Å². The van der Waals surface area contributed by atoms with Crippen molar-refractivity contribution in [3.05, 3.63) is 35.8 Å². The number of anilines is 1.